The van der Waals surface area contributed by atoms with Crippen LogP contribution in [0.25, 0.3) is 0 Å². The molecule has 1 aliphatic heterocycles. The summed E-state index contributed by atoms with van der Waals surface area (Å²) in [5.74, 6) is 0. The second-order valence-electron chi connectivity index (χ2n) is 4.31. The summed E-state index contributed by atoms with van der Waals surface area (Å²) in [7, 11) is 0. The molecule has 0 aliphatic carbocycles. The third-order valence-corrected chi connectivity index (χ3v) is 4.07. The van der Waals surface area contributed by atoms with Crippen molar-refractivity contribution in [1.82, 2.24) is 10.3 Å². The predicted octanol–water partition coefficient (Wildman–Crippen LogP) is 2.36. The fraction of sp³-hybridized carbons (Fsp3) is 0.750. The molecule has 1 N–H and O–H groups in total. The van der Waals surface area contributed by atoms with E-state index in [2.05, 4.69) is 29.5 Å². The van der Waals surface area contributed by atoms with Crippen LogP contribution in [0.4, 0.5) is 0 Å². The highest BCUT2D eigenvalue weighted by atomic mass is 32.1. The van der Waals surface area contributed by atoms with E-state index in [1.165, 1.54) is 17.8 Å². The molecule has 0 radical (unpaired) electrons. The van der Waals surface area contributed by atoms with Gasteiger partial charge in [-0.15, -0.1) is 11.3 Å². The number of nitrogens with one attached hydrogen (secondary N) is 1. The summed E-state index contributed by atoms with van der Waals surface area (Å²) in [6.07, 6.45) is 3.81. The lowest BCUT2D eigenvalue weighted by atomic mass is 10.1. The van der Waals surface area contributed by atoms with Gasteiger partial charge in [0, 0.05) is 24.6 Å². The minimum Gasteiger partial charge on any atom is -0.377 e. The number of aromatic nitrogens is 1. The number of hydrogen-bond donors (Lipinski definition) is 1. The lowest BCUT2D eigenvalue weighted by Gasteiger charge is -2.19. The summed E-state index contributed by atoms with van der Waals surface area (Å²) < 4.78 is 5.65. The highest BCUT2D eigenvalue weighted by Gasteiger charge is 2.21. The van der Waals surface area contributed by atoms with Gasteiger partial charge in [0.15, 0.2) is 0 Å². The fourth-order valence-electron chi connectivity index (χ4n) is 1.99. The average Bonchev–Trinajstić information content (AvgIpc) is 2.96. The number of thiazole rings is 1. The molecule has 1 aliphatic rings. The zero-order valence-corrected chi connectivity index (χ0v) is 10.8. The number of nitrogens with zero attached hydrogens (tertiary/aromatic N) is 1. The third kappa shape index (κ3) is 3.03. The van der Waals surface area contributed by atoms with Crippen molar-refractivity contribution in [3.8, 4) is 0 Å². The van der Waals surface area contributed by atoms with Crippen molar-refractivity contribution in [3.63, 3.8) is 0 Å². The summed E-state index contributed by atoms with van der Waals surface area (Å²) in [4.78, 5) is 4.54. The molecule has 0 aromatic carbocycles. The molecule has 3 nitrogen and oxygen atoms in total. The van der Waals surface area contributed by atoms with Crippen molar-refractivity contribution in [2.45, 2.75) is 51.8 Å². The molecule has 1 fully saturated rings. The van der Waals surface area contributed by atoms with Crippen molar-refractivity contribution in [1.29, 1.82) is 0 Å². The summed E-state index contributed by atoms with van der Waals surface area (Å²) >= 11 is 1.75. The van der Waals surface area contributed by atoms with E-state index in [4.69, 9.17) is 4.74 Å². The second-order valence-corrected chi connectivity index (χ2v) is 5.25. The molecule has 1 saturated heterocycles. The minimum absolute atomic E-state index is 0.393. The van der Waals surface area contributed by atoms with E-state index in [9.17, 15) is 0 Å². The smallest absolute Gasteiger partial charge is 0.0926 e. The third-order valence-electron chi connectivity index (χ3n) is 3.03. The van der Waals surface area contributed by atoms with Crippen LogP contribution in [-0.4, -0.2) is 23.7 Å². The molecular weight excluding hydrogens is 220 g/mol. The first kappa shape index (κ1) is 12.0. The predicted molar refractivity (Wildman–Crippen MR) is 66.8 cm³/mol. The Morgan fingerprint density at radius 1 is 1.69 bits per heavy atom. The Bertz CT molecular complexity index is 321. The Morgan fingerprint density at radius 2 is 2.56 bits per heavy atom. The molecule has 2 unspecified atom stereocenters. The molecule has 2 heterocycles. The van der Waals surface area contributed by atoms with Crippen LogP contribution >= 0.6 is 11.3 Å². The monoisotopic (exact) mass is 240 g/mol. The van der Waals surface area contributed by atoms with Crippen molar-refractivity contribution in [2.75, 3.05) is 6.61 Å². The van der Waals surface area contributed by atoms with Crippen LogP contribution in [0.5, 0.6) is 0 Å². The number of hydrogen-bond acceptors (Lipinski definition) is 4. The van der Waals surface area contributed by atoms with Gasteiger partial charge in [0.05, 0.1) is 16.8 Å². The molecule has 0 spiro atoms. The van der Waals surface area contributed by atoms with E-state index in [1.54, 1.807) is 11.3 Å². The summed E-state index contributed by atoms with van der Waals surface area (Å²) in [5.41, 5.74) is 1.16. The normalized spacial score (nSPS) is 22.5. The van der Waals surface area contributed by atoms with E-state index < -0.39 is 0 Å². The highest BCUT2D eigenvalue weighted by Crippen LogP contribution is 2.16. The van der Waals surface area contributed by atoms with Gasteiger partial charge < -0.3 is 10.1 Å². The largest absolute Gasteiger partial charge is 0.377 e. The lowest BCUT2D eigenvalue weighted by Crippen LogP contribution is -2.36. The number of aryl methyl sites for hydroxylation is 1. The van der Waals surface area contributed by atoms with Crippen LogP contribution in [0.15, 0.2) is 5.38 Å². The van der Waals surface area contributed by atoms with Gasteiger partial charge in [-0.05, 0) is 26.2 Å². The Labute approximate surface area is 101 Å². The van der Waals surface area contributed by atoms with Gasteiger partial charge in [0.2, 0.25) is 0 Å². The van der Waals surface area contributed by atoms with Crippen LogP contribution in [0.3, 0.4) is 0 Å². The number of ether oxygens (including phenoxy) is 1. The average molecular weight is 240 g/mol. The molecule has 2 rings (SSSR count). The molecule has 4 heteroatoms. The first-order valence-electron chi connectivity index (χ1n) is 6.08. The summed E-state index contributed by atoms with van der Waals surface area (Å²) in [6, 6.07) is 0.425. The molecule has 0 bridgehead atoms. The second kappa shape index (κ2) is 5.75. The Kier molecular flexibility index (Phi) is 4.32. The van der Waals surface area contributed by atoms with E-state index in [-0.39, 0.29) is 0 Å². The summed E-state index contributed by atoms with van der Waals surface area (Å²) in [5, 5.41) is 6.87. The van der Waals surface area contributed by atoms with E-state index in [0.717, 1.165) is 25.3 Å². The molecular formula is C12H20N2OS. The summed E-state index contributed by atoms with van der Waals surface area (Å²) in [6.45, 7) is 6.12. The van der Waals surface area contributed by atoms with E-state index >= 15 is 0 Å². The molecule has 1 aromatic heterocycles. The Morgan fingerprint density at radius 3 is 3.19 bits per heavy atom. The maximum atomic E-state index is 5.65. The van der Waals surface area contributed by atoms with E-state index in [1.807, 2.05) is 0 Å². The van der Waals surface area contributed by atoms with Crippen LogP contribution in [0, 0.1) is 0 Å². The van der Waals surface area contributed by atoms with Crippen LogP contribution in [-0.2, 0) is 17.7 Å². The van der Waals surface area contributed by atoms with Gasteiger partial charge >= 0.3 is 0 Å². The molecule has 16 heavy (non-hydrogen) atoms. The SMILES string of the molecule is CCc1nc(CNC(C)C2CCCO2)cs1. The zero-order valence-electron chi connectivity index (χ0n) is 10.0. The lowest BCUT2D eigenvalue weighted by molar-refractivity contribution is 0.0831. The molecule has 0 saturated carbocycles. The van der Waals surface area contributed by atoms with Gasteiger partial charge in [-0.2, -0.15) is 0 Å². The number of rotatable bonds is 5. The van der Waals surface area contributed by atoms with Gasteiger partial charge in [0.25, 0.3) is 0 Å². The molecule has 90 valence electrons. The quantitative estimate of drug-likeness (QED) is 0.858. The zero-order chi connectivity index (χ0) is 11.4. The van der Waals surface area contributed by atoms with Crippen molar-refractivity contribution in [3.05, 3.63) is 16.1 Å². The van der Waals surface area contributed by atoms with Gasteiger partial charge in [-0.1, -0.05) is 6.92 Å². The Balaban J connectivity index is 1.77. The van der Waals surface area contributed by atoms with Crippen LogP contribution in [0.2, 0.25) is 0 Å². The Hall–Kier alpha value is -0.450. The highest BCUT2D eigenvalue weighted by molar-refractivity contribution is 7.09. The fourth-order valence-corrected chi connectivity index (χ4v) is 2.73. The maximum absolute atomic E-state index is 5.65. The maximum Gasteiger partial charge on any atom is 0.0926 e. The molecule has 0 amide bonds. The van der Waals surface area contributed by atoms with Crippen LogP contribution < -0.4 is 5.32 Å². The van der Waals surface area contributed by atoms with Crippen molar-refractivity contribution >= 4 is 11.3 Å². The molecule has 2 atom stereocenters. The van der Waals surface area contributed by atoms with Crippen LogP contribution in [0.1, 0.15) is 37.4 Å². The standard InChI is InChI=1S/C12H20N2OS/c1-3-12-14-10(8-16-12)7-13-9(2)11-5-4-6-15-11/h8-9,11,13H,3-7H2,1-2H3. The topological polar surface area (TPSA) is 34.2 Å². The van der Waals surface area contributed by atoms with Gasteiger partial charge in [-0.25, -0.2) is 4.98 Å². The first-order chi connectivity index (χ1) is 7.79. The van der Waals surface area contributed by atoms with E-state index in [0.29, 0.717) is 12.1 Å². The molecule has 1 aromatic rings. The minimum atomic E-state index is 0.393. The first-order valence-corrected chi connectivity index (χ1v) is 6.96. The van der Waals surface area contributed by atoms with Crippen molar-refractivity contribution in [2.24, 2.45) is 0 Å². The van der Waals surface area contributed by atoms with Gasteiger partial charge in [0.1, 0.15) is 0 Å². The van der Waals surface area contributed by atoms with Gasteiger partial charge in [-0.3, -0.25) is 0 Å². The van der Waals surface area contributed by atoms with Crippen molar-refractivity contribution < 1.29 is 4.74 Å².